The predicted octanol–water partition coefficient (Wildman–Crippen LogP) is 3.38. The standard InChI is InChI=1S/C13H16BrN3O/c1-3-12(10-5-4-6-11(14)7-10)15-8-13-16-9(2)17-18-13/h4-7,12,15H,3,8H2,1-2H3. The summed E-state index contributed by atoms with van der Waals surface area (Å²) in [5, 5.41) is 7.20. The van der Waals surface area contributed by atoms with Crippen molar-refractivity contribution in [1.82, 2.24) is 15.5 Å². The largest absolute Gasteiger partial charge is 0.338 e. The second kappa shape index (κ2) is 6.11. The van der Waals surface area contributed by atoms with Gasteiger partial charge in [0.2, 0.25) is 5.89 Å². The maximum absolute atomic E-state index is 5.09. The molecular weight excluding hydrogens is 294 g/mol. The molecule has 0 saturated carbocycles. The fourth-order valence-electron chi connectivity index (χ4n) is 1.84. The Balaban J connectivity index is 2.01. The van der Waals surface area contributed by atoms with E-state index in [9.17, 15) is 0 Å². The van der Waals surface area contributed by atoms with Gasteiger partial charge in [-0.25, -0.2) is 0 Å². The molecule has 1 aromatic heterocycles. The zero-order chi connectivity index (χ0) is 13.0. The minimum absolute atomic E-state index is 0.287. The monoisotopic (exact) mass is 309 g/mol. The van der Waals surface area contributed by atoms with E-state index < -0.39 is 0 Å². The number of nitrogens with one attached hydrogen (secondary N) is 1. The van der Waals surface area contributed by atoms with Crippen LogP contribution in [0.2, 0.25) is 0 Å². The molecule has 2 aromatic rings. The molecule has 1 N–H and O–H groups in total. The van der Waals surface area contributed by atoms with E-state index in [0.29, 0.717) is 18.3 Å². The average molecular weight is 310 g/mol. The molecule has 18 heavy (non-hydrogen) atoms. The third-order valence-electron chi connectivity index (χ3n) is 2.73. The third-order valence-corrected chi connectivity index (χ3v) is 3.22. The molecular formula is C13H16BrN3O. The Labute approximate surface area is 115 Å². The first-order chi connectivity index (χ1) is 8.69. The van der Waals surface area contributed by atoms with Crippen molar-refractivity contribution < 1.29 is 4.52 Å². The van der Waals surface area contributed by atoms with Crippen molar-refractivity contribution in [3.05, 3.63) is 46.0 Å². The van der Waals surface area contributed by atoms with Crippen molar-refractivity contribution >= 4 is 15.9 Å². The van der Waals surface area contributed by atoms with Crippen LogP contribution in [0.15, 0.2) is 33.3 Å². The van der Waals surface area contributed by atoms with Crippen LogP contribution in [0.3, 0.4) is 0 Å². The molecule has 1 heterocycles. The van der Waals surface area contributed by atoms with Gasteiger partial charge >= 0.3 is 0 Å². The van der Waals surface area contributed by atoms with E-state index in [1.165, 1.54) is 5.56 Å². The van der Waals surface area contributed by atoms with Gasteiger partial charge in [0.15, 0.2) is 5.82 Å². The molecule has 0 radical (unpaired) electrons. The van der Waals surface area contributed by atoms with E-state index in [4.69, 9.17) is 4.52 Å². The van der Waals surface area contributed by atoms with E-state index in [0.717, 1.165) is 10.9 Å². The highest BCUT2D eigenvalue weighted by atomic mass is 79.9. The molecule has 0 fully saturated rings. The van der Waals surface area contributed by atoms with Gasteiger partial charge in [-0.15, -0.1) is 0 Å². The van der Waals surface area contributed by atoms with E-state index >= 15 is 0 Å². The summed E-state index contributed by atoms with van der Waals surface area (Å²) >= 11 is 3.49. The van der Waals surface area contributed by atoms with Gasteiger partial charge in [-0.3, -0.25) is 0 Å². The van der Waals surface area contributed by atoms with E-state index in [1.54, 1.807) is 0 Å². The fourth-order valence-corrected chi connectivity index (χ4v) is 2.26. The summed E-state index contributed by atoms with van der Waals surface area (Å²) in [7, 11) is 0. The molecule has 0 spiro atoms. The number of aromatic nitrogens is 2. The lowest BCUT2D eigenvalue weighted by molar-refractivity contribution is 0.353. The number of aryl methyl sites for hydroxylation is 1. The summed E-state index contributed by atoms with van der Waals surface area (Å²) < 4.78 is 6.18. The SMILES string of the molecule is CCC(NCc1nc(C)no1)c1cccc(Br)c1. The predicted molar refractivity (Wildman–Crippen MR) is 73.0 cm³/mol. The Hall–Kier alpha value is -1.20. The first kappa shape index (κ1) is 13.2. The molecule has 1 unspecified atom stereocenters. The minimum atomic E-state index is 0.287. The van der Waals surface area contributed by atoms with Gasteiger partial charge in [-0.1, -0.05) is 40.1 Å². The molecule has 4 nitrogen and oxygen atoms in total. The lowest BCUT2D eigenvalue weighted by atomic mass is 10.0. The molecule has 5 heteroatoms. The lowest BCUT2D eigenvalue weighted by Crippen LogP contribution is -2.20. The quantitative estimate of drug-likeness (QED) is 0.920. The van der Waals surface area contributed by atoms with Gasteiger partial charge in [0.25, 0.3) is 0 Å². The molecule has 0 aliphatic carbocycles. The van der Waals surface area contributed by atoms with Gasteiger partial charge in [-0.2, -0.15) is 4.98 Å². The Morgan fingerprint density at radius 3 is 2.89 bits per heavy atom. The van der Waals surface area contributed by atoms with Gasteiger partial charge in [0.1, 0.15) is 0 Å². The van der Waals surface area contributed by atoms with Gasteiger partial charge < -0.3 is 9.84 Å². The molecule has 0 aliphatic rings. The van der Waals surface area contributed by atoms with Crippen molar-refractivity contribution in [1.29, 1.82) is 0 Å². The second-order valence-electron chi connectivity index (χ2n) is 4.13. The zero-order valence-corrected chi connectivity index (χ0v) is 12.1. The van der Waals surface area contributed by atoms with Crippen LogP contribution in [-0.2, 0) is 6.54 Å². The van der Waals surface area contributed by atoms with Crippen molar-refractivity contribution in [3.63, 3.8) is 0 Å². The van der Waals surface area contributed by atoms with Crippen molar-refractivity contribution in [2.45, 2.75) is 32.9 Å². The Kier molecular flexibility index (Phi) is 4.49. The summed E-state index contributed by atoms with van der Waals surface area (Å²) in [5.41, 5.74) is 1.25. The number of benzene rings is 1. The first-order valence-electron chi connectivity index (χ1n) is 5.97. The molecule has 96 valence electrons. The highest BCUT2D eigenvalue weighted by Crippen LogP contribution is 2.20. The first-order valence-corrected chi connectivity index (χ1v) is 6.76. The summed E-state index contributed by atoms with van der Waals surface area (Å²) in [4.78, 5) is 4.18. The summed E-state index contributed by atoms with van der Waals surface area (Å²) in [5.74, 6) is 1.29. The maximum atomic E-state index is 5.09. The highest BCUT2D eigenvalue weighted by molar-refractivity contribution is 9.10. The average Bonchev–Trinajstić information content (AvgIpc) is 2.76. The molecule has 1 aromatic carbocycles. The van der Waals surface area contributed by atoms with Gasteiger partial charge in [0, 0.05) is 10.5 Å². The van der Waals surface area contributed by atoms with Crippen LogP contribution in [0, 0.1) is 6.92 Å². The van der Waals surface area contributed by atoms with Gasteiger partial charge in [-0.05, 0) is 31.0 Å². The number of hydrogen-bond acceptors (Lipinski definition) is 4. The zero-order valence-electron chi connectivity index (χ0n) is 10.5. The van der Waals surface area contributed by atoms with E-state index in [1.807, 2.05) is 19.1 Å². The molecule has 0 saturated heterocycles. The summed E-state index contributed by atoms with van der Waals surface area (Å²) in [6, 6.07) is 8.60. The van der Waals surface area contributed by atoms with Crippen LogP contribution in [0.1, 0.15) is 36.7 Å². The molecule has 0 bridgehead atoms. The molecule has 0 aliphatic heterocycles. The minimum Gasteiger partial charge on any atom is -0.338 e. The van der Waals surface area contributed by atoms with Crippen LogP contribution in [-0.4, -0.2) is 10.1 Å². The van der Waals surface area contributed by atoms with Crippen molar-refractivity contribution in [2.24, 2.45) is 0 Å². The fraction of sp³-hybridized carbons (Fsp3) is 0.385. The third kappa shape index (κ3) is 3.40. The molecule has 0 amide bonds. The van der Waals surface area contributed by atoms with Crippen LogP contribution in [0.25, 0.3) is 0 Å². The summed E-state index contributed by atoms with van der Waals surface area (Å²) in [6.07, 6.45) is 1.00. The van der Waals surface area contributed by atoms with Crippen LogP contribution in [0.5, 0.6) is 0 Å². The topological polar surface area (TPSA) is 51.0 Å². The molecule has 2 rings (SSSR count). The van der Waals surface area contributed by atoms with Crippen molar-refractivity contribution in [2.75, 3.05) is 0 Å². The number of hydrogen-bond donors (Lipinski definition) is 1. The van der Waals surface area contributed by atoms with E-state index in [2.05, 4.69) is 50.4 Å². The Morgan fingerprint density at radius 2 is 2.28 bits per heavy atom. The Bertz CT molecular complexity index is 512. The number of rotatable bonds is 5. The van der Waals surface area contributed by atoms with Crippen LogP contribution in [0.4, 0.5) is 0 Å². The lowest BCUT2D eigenvalue weighted by Gasteiger charge is -2.16. The molecule has 1 atom stereocenters. The van der Waals surface area contributed by atoms with Crippen LogP contribution >= 0.6 is 15.9 Å². The second-order valence-corrected chi connectivity index (χ2v) is 5.05. The van der Waals surface area contributed by atoms with Crippen molar-refractivity contribution in [3.8, 4) is 0 Å². The summed E-state index contributed by atoms with van der Waals surface area (Å²) in [6.45, 7) is 4.56. The number of halogens is 1. The highest BCUT2D eigenvalue weighted by Gasteiger charge is 2.11. The van der Waals surface area contributed by atoms with E-state index in [-0.39, 0.29) is 6.04 Å². The smallest absolute Gasteiger partial charge is 0.240 e. The van der Waals surface area contributed by atoms with Gasteiger partial charge in [0.05, 0.1) is 6.54 Å². The normalized spacial score (nSPS) is 12.6. The maximum Gasteiger partial charge on any atom is 0.240 e. The van der Waals surface area contributed by atoms with Crippen LogP contribution < -0.4 is 5.32 Å². The number of nitrogens with zero attached hydrogens (tertiary/aromatic N) is 2. The Morgan fingerprint density at radius 1 is 1.44 bits per heavy atom.